The highest BCUT2D eigenvalue weighted by Crippen LogP contribution is 2.28. The van der Waals surface area contributed by atoms with Crippen LogP contribution < -0.4 is 0 Å². The Bertz CT molecular complexity index is 1140. The molecule has 2 aromatic carbocycles. The van der Waals surface area contributed by atoms with Gasteiger partial charge < -0.3 is 0 Å². The van der Waals surface area contributed by atoms with Crippen molar-refractivity contribution in [1.82, 2.24) is 13.8 Å². The smallest absolute Gasteiger partial charge is 0.220 e. The highest BCUT2D eigenvalue weighted by atomic mass is 15.2. The minimum absolute atomic E-state index is 0.979. The van der Waals surface area contributed by atoms with Gasteiger partial charge in [-0.05, 0) is 37.3 Å². The summed E-state index contributed by atoms with van der Waals surface area (Å²) in [6, 6.07) is 21.2. The molecule has 100 valence electrons. The van der Waals surface area contributed by atoms with Gasteiger partial charge in [-0.2, -0.15) is 0 Å². The first-order valence-corrected chi connectivity index (χ1v) is 7.10. The van der Waals surface area contributed by atoms with Gasteiger partial charge in [-0.1, -0.05) is 30.3 Å². The summed E-state index contributed by atoms with van der Waals surface area (Å²) in [6.07, 6.45) is 0. The molecule has 0 atom stereocenters. The number of aryl methyl sites for hydroxylation is 1. The zero-order chi connectivity index (χ0) is 14.0. The van der Waals surface area contributed by atoms with Crippen molar-refractivity contribution in [3.8, 4) is 0 Å². The van der Waals surface area contributed by atoms with Crippen molar-refractivity contribution in [2.24, 2.45) is 0 Å². The Morgan fingerprint density at radius 3 is 2.33 bits per heavy atom. The molecule has 0 N–H and O–H groups in total. The molecule has 3 aromatic heterocycles. The molecule has 5 rings (SSSR count). The molecule has 0 bridgehead atoms. The second-order valence-electron chi connectivity index (χ2n) is 5.45. The van der Waals surface area contributed by atoms with E-state index in [1.807, 2.05) is 6.07 Å². The summed E-state index contributed by atoms with van der Waals surface area (Å²) in [5, 5.41) is 1.25. The van der Waals surface area contributed by atoms with Gasteiger partial charge in [0.1, 0.15) is 0 Å². The Morgan fingerprint density at radius 1 is 0.714 bits per heavy atom. The fourth-order valence-electron chi connectivity index (χ4n) is 3.30. The summed E-state index contributed by atoms with van der Waals surface area (Å²) in [6.45, 7) is 2.13. The van der Waals surface area contributed by atoms with Crippen LogP contribution in [-0.2, 0) is 0 Å². The van der Waals surface area contributed by atoms with Crippen LogP contribution in [0.5, 0.6) is 0 Å². The molecule has 0 aliphatic carbocycles. The molecule has 0 saturated carbocycles. The Labute approximate surface area is 121 Å². The topological polar surface area (TPSA) is 21.7 Å². The van der Waals surface area contributed by atoms with E-state index in [-0.39, 0.29) is 0 Å². The van der Waals surface area contributed by atoms with Crippen molar-refractivity contribution in [3.05, 3.63) is 66.4 Å². The SMILES string of the molecule is Cc1ccc2c3ccccc3n3c4ccccc4nc3n12. The van der Waals surface area contributed by atoms with E-state index in [1.165, 1.54) is 22.1 Å². The van der Waals surface area contributed by atoms with Crippen LogP contribution in [0, 0.1) is 6.92 Å². The van der Waals surface area contributed by atoms with Crippen LogP contribution in [0.25, 0.3) is 33.2 Å². The van der Waals surface area contributed by atoms with Gasteiger partial charge in [-0.25, -0.2) is 4.98 Å². The van der Waals surface area contributed by atoms with E-state index in [9.17, 15) is 0 Å². The maximum Gasteiger partial charge on any atom is 0.220 e. The maximum absolute atomic E-state index is 4.85. The van der Waals surface area contributed by atoms with Crippen molar-refractivity contribution >= 4 is 33.2 Å². The maximum atomic E-state index is 4.85. The van der Waals surface area contributed by atoms with E-state index in [2.05, 4.69) is 70.3 Å². The van der Waals surface area contributed by atoms with E-state index < -0.39 is 0 Å². The number of fused-ring (bicyclic) bond motifs is 8. The molecule has 3 heteroatoms. The van der Waals surface area contributed by atoms with Crippen molar-refractivity contribution < 1.29 is 0 Å². The molecule has 0 amide bonds. The molecular formula is C18H13N3. The third-order valence-electron chi connectivity index (χ3n) is 4.24. The Morgan fingerprint density at radius 2 is 1.43 bits per heavy atom. The largest absolute Gasteiger partial charge is 0.284 e. The molecule has 0 aliphatic heterocycles. The number of rotatable bonds is 0. The Kier molecular flexibility index (Phi) is 1.89. The van der Waals surface area contributed by atoms with E-state index in [4.69, 9.17) is 4.98 Å². The standard InChI is InChI=1S/C18H13N3/c1-12-10-11-16-13-6-2-4-8-15(13)21-17-9-5-3-7-14(17)19-18(21)20(12)16/h2-11H,1H3. The van der Waals surface area contributed by atoms with Gasteiger partial charge in [0, 0.05) is 11.1 Å². The summed E-state index contributed by atoms with van der Waals surface area (Å²) < 4.78 is 4.49. The summed E-state index contributed by atoms with van der Waals surface area (Å²) in [5.41, 5.74) is 5.80. The molecule has 0 fully saturated rings. The molecule has 0 aliphatic rings. The van der Waals surface area contributed by atoms with Crippen molar-refractivity contribution in [1.29, 1.82) is 0 Å². The molecule has 3 nitrogen and oxygen atoms in total. The molecule has 0 spiro atoms. The third-order valence-corrected chi connectivity index (χ3v) is 4.24. The van der Waals surface area contributed by atoms with Gasteiger partial charge in [0.2, 0.25) is 5.78 Å². The number of hydrogen-bond donors (Lipinski definition) is 0. The van der Waals surface area contributed by atoms with Crippen molar-refractivity contribution in [2.45, 2.75) is 6.92 Å². The second-order valence-corrected chi connectivity index (χ2v) is 5.45. The summed E-state index contributed by atoms with van der Waals surface area (Å²) in [4.78, 5) is 4.85. The molecule has 0 saturated heterocycles. The lowest BCUT2D eigenvalue weighted by atomic mass is 10.2. The van der Waals surface area contributed by atoms with Crippen molar-refractivity contribution in [3.63, 3.8) is 0 Å². The highest BCUT2D eigenvalue weighted by molar-refractivity contribution is 5.99. The normalized spacial score (nSPS) is 12.0. The summed E-state index contributed by atoms with van der Waals surface area (Å²) in [5.74, 6) is 0.979. The Hall–Kier alpha value is -2.81. The minimum atomic E-state index is 0.979. The first-order chi connectivity index (χ1) is 10.3. The number of hydrogen-bond acceptors (Lipinski definition) is 1. The number of aromatic nitrogens is 3. The van der Waals surface area contributed by atoms with Gasteiger partial charge in [-0.15, -0.1) is 0 Å². The van der Waals surface area contributed by atoms with Crippen LogP contribution in [0.15, 0.2) is 60.7 Å². The average molecular weight is 271 g/mol. The first kappa shape index (κ1) is 10.9. The van der Waals surface area contributed by atoms with E-state index in [0.717, 1.165) is 16.8 Å². The number of para-hydroxylation sites is 3. The van der Waals surface area contributed by atoms with Crippen LogP contribution >= 0.6 is 0 Å². The van der Waals surface area contributed by atoms with Gasteiger partial charge in [0.05, 0.1) is 22.1 Å². The van der Waals surface area contributed by atoms with Crippen LogP contribution in [0.4, 0.5) is 0 Å². The molecule has 3 heterocycles. The number of nitrogens with zero attached hydrogens (tertiary/aromatic N) is 3. The average Bonchev–Trinajstić information content (AvgIpc) is 3.08. The monoisotopic (exact) mass is 271 g/mol. The predicted molar refractivity (Wildman–Crippen MR) is 85.9 cm³/mol. The minimum Gasteiger partial charge on any atom is -0.284 e. The molecule has 0 radical (unpaired) electrons. The summed E-state index contributed by atoms with van der Waals surface area (Å²) in [7, 11) is 0. The molecule has 5 aromatic rings. The van der Waals surface area contributed by atoms with Crippen molar-refractivity contribution in [2.75, 3.05) is 0 Å². The van der Waals surface area contributed by atoms with E-state index in [0.29, 0.717) is 0 Å². The van der Waals surface area contributed by atoms with Gasteiger partial charge >= 0.3 is 0 Å². The van der Waals surface area contributed by atoms with E-state index in [1.54, 1.807) is 0 Å². The molecule has 0 unspecified atom stereocenters. The highest BCUT2D eigenvalue weighted by Gasteiger charge is 2.13. The van der Waals surface area contributed by atoms with Crippen LogP contribution in [0.1, 0.15) is 5.69 Å². The zero-order valence-corrected chi connectivity index (χ0v) is 11.6. The van der Waals surface area contributed by atoms with Gasteiger partial charge in [-0.3, -0.25) is 8.80 Å². The predicted octanol–water partition coefficient (Wildman–Crippen LogP) is 4.20. The quantitative estimate of drug-likeness (QED) is 0.413. The second kappa shape index (κ2) is 3.64. The van der Waals surface area contributed by atoms with Crippen LogP contribution in [0.3, 0.4) is 0 Å². The zero-order valence-electron chi connectivity index (χ0n) is 11.6. The fourth-order valence-corrected chi connectivity index (χ4v) is 3.30. The Balaban J connectivity index is 2.27. The lowest BCUT2D eigenvalue weighted by Gasteiger charge is -2.08. The molecular weight excluding hydrogens is 258 g/mol. The number of imidazole rings is 1. The molecule has 21 heavy (non-hydrogen) atoms. The number of benzene rings is 2. The first-order valence-electron chi connectivity index (χ1n) is 7.10. The van der Waals surface area contributed by atoms with Crippen LogP contribution in [-0.4, -0.2) is 13.8 Å². The van der Waals surface area contributed by atoms with E-state index >= 15 is 0 Å². The van der Waals surface area contributed by atoms with Gasteiger partial charge in [0.15, 0.2) is 0 Å². The summed E-state index contributed by atoms with van der Waals surface area (Å²) >= 11 is 0. The fraction of sp³-hybridized carbons (Fsp3) is 0.0556. The van der Waals surface area contributed by atoms with Gasteiger partial charge in [0.25, 0.3) is 0 Å². The third kappa shape index (κ3) is 1.26. The van der Waals surface area contributed by atoms with Crippen LogP contribution in [0.2, 0.25) is 0 Å². The lowest BCUT2D eigenvalue weighted by Crippen LogP contribution is -1.98. The lowest BCUT2D eigenvalue weighted by molar-refractivity contribution is 1.08.